The molecule has 0 saturated carbocycles. The van der Waals surface area contributed by atoms with E-state index in [1.807, 2.05) is 24.3 Å². The van der Waals surface area contributed by atoms with Crippen LogP contribution in [0.2, 0.25) is 0 Å². The van der Waals surface area contributed by atoms with Gasteiger partial charge in [-0.3, -0.25) is 4.79 Å². The molecule has 1 aromatic rings. The first-order chi connectivity index (χ1) is 9.41. The molecule has 0 spiro atoms. The molecule has 0 aromatic heterocycles. The quantitative estimate of drug-likeness (QED) is 0.828. The van der Waals surface area contributed by atoms with Crippen molar-refractivity contribution in [2.45, 2.75) is 18.9 Å². The summed E-state index contributed by atoms with van der Waals surface area (Å²) in [6.45, 7) is 0. The number of amides is 1. The Bertz CT molecular complexity index is 597. The highest BCUT2D eigenvalue weighted by atomic mass is 32.2. The molecule has 1 aliphatic heterocycles. The summed E-state index contributed by atoms with van der Waals surface area (Å²) in [6.07, 6.45) is 0.785. The van der Waals surface area contributed by atoms with Gasteiger partial charge in [-0.25, -0.2) is 8.42 Å². The van der Waals surface area contributed by atoms with E-state index in [1.165, 1.54) is 0 Å². The summed E-state index contributed by atoms with van der Waals surface area (Å²) in [6, 6.07) is 7.14. The number of hydrogen-bond donors (Lipinski definition) is 0. The summed E-state index contributed by atoms with van der Waals surface area (Å²) >= 11 is 0. The van der Waals surface area contributed by atoms with E-state index in [1.54, 1.807) is 19.1 Å². The Morgan fingerprint density at radius 1 is 1.45 bits per heavy atom. The lowest BCUT2D eigenvalue weighted by Gasteiger charge is -2.23. The highest BCUT2D eigenvalue weighted by molar-refractivity contribution is 7.91. The van der Waals surface area contributed by atoms with Gasteiger partial charge < -0.3 is 9.64 Å². The second-order valence-corrected chi connectivity index (χ2v) is 7.32. The van der Waals surface area contributed by atoms with Crippen molar-refractivity contribution < 1.29 is 17.9 Å². The van der Waals surface area contributed by atoms with Gasteiger partial charge in [0.1, 0.15) is 5.75 Å². The summed E-state index contributed by atoms with van der Waals surface area (Å²) in [5, 5.41) is 0. The summed E-state index contributed by atoms with van der Waals surface area (Å²) in [5.74, 6) is 0.892. The molecule has 110 valence electrons. The largest absolute Gasteiger partial charge is 0.497 e. The first-order valence-electron chi connectivity index (χ1n) is 6.50. The zero-order valence-corrected chi connectivity index (χ0v) is 12.5. The first-order valence-corrected chi connectivity index (χ1v) is 8.32. The number of ether oxygens (including phenoxy) is 1. The predicted octanol–water partition coefficient (Wildman–Crippen LogP) is 0.883. The van der Waals surface area contributed by atoms with Crippen molar-refractivity contribution in [3.63, 3.8) is 0 Å². The van der Waals surface area contributed by atoms with Gasteiger partial charge in [-0.2, -0.15) is 0 Å². The number of likely N-dealkylation sites (N-methyl/N-ethyl adjacent to an activating group) is 1. The number of carbonyl (C=O) groups is 1. The van der Waals surface area contributed by atoms with Crippen LogP contribution in [0.3, 0.4) is 0 Å². The van der Waals surface area contributed by atoms with E-state index < -0.39 is 9.84 Å². The van der Waals surface area contributed by atoms with Crippen LogP contribution in [0.25, 0.3) is 0 Å². The molecule has 1 heterocycles. The van der Waals surface area contributed by atoms with Gasteiger partial charge in [0, 0.05) is 13.1 Å². The summed E-state index contributed by atoms with van der Waals surface area (Å²) in [5.41, 5.74) is 0.863. The van der Waals surface area contributed by atoms with Gasteiger partial charge in [0.05, 0.1) is 25.0 Å². The van der Waals surface area contributed by atoms with Crippen LogP contribution in [0.4, 0.5) is 0 Å². The van der Waals surface area contributed by atoms with E-state index in [4.69, 9.17) is 4.74 Å². The van der Waals surface area contributed by atoms with Crippen molar-refractivity contribution in [3.8, 4) is 5.75 Å². The monoisotopic (exact) mass is 297 g/mol. The molecule has 20 heavy (non-hydrogen) atoms. The Kier molecular flexibility index (Phi) is 4.32. The Hall–Kier alpha value is -1.56. The minimum Gasteiger partial charge on any atom is -0.497 e. The molecule has 1 aliphatic rings. The number of hydrogen-bond acceptors (Lipinski definition) is 4. The van der Waals surface area contributed by atoms with E-state index in [-0.39, 0.29) is 29.9 Å². The second kappa shape index (κ2) is 5.83. The molecular weight excluding hydrogens is 278 g/mol. The first kappa shape index (κ1) is 14.8. The number of benzene rings is 1. The molecule has 5 nitrogen and oxygen atoms in total. The Labute approximate surface area is 119 Å². The number of rotatable bonds is 4. The highest BCUT2D eigenvalue weighted by Gasteiger charge is 2.32. The SMILES string of the molecule is COc1cccc(CC(=O)N(C)[C@H]2CCS(=O)(=O)C2)c1. The smallest absolute Gasteiger partial charge is 0.227 e. The average Bonchev–Trinajstić information content (AvgIpc) is 2.78. The molecule has 2 rings (SSSR count). The molecule has 0 radical (unpaired) electrons. The molecule has 1 fully saturated rings. The zero-order valence-electron chi connectivity index (χ0n) is 11.7. The number of methoxy groups -OCH3 is 1. The lowest BCUT2D eigenvalue weighted by atomic mass is 10.1. The van der Waals surface area contributed by atoms with Crippen molar-refractivity contribution in [1.29, 1.82) is 0 Å². The van der Waals surface area contributed by atoms with Crippen molar-refractivity contribution in [2.75, 3.05) is 25.7 Å². The lowest BCUT2D eigenvalue weighted by molar-refractivity contribution is -0.130. The Balaban J connectivity index is 2.01. The van der Waals surface area contributed by atoms with Crippen LogP contribution < -0.4 is 4.74 Å². The van der Waals surface area contributed by atoms with Gasteiger partial charge in [-0.05, 0) is 24.1 Å². The maximum Gasteiger partial charge on any atom is 0.227 e. The van der Waals surface area contributed by atoms with Crippen molar-refractivity contribution in [3.05, 3.63) is 29.8 Å². The van der Waals surface area contributed by atoms with Crippen LogP contribution in [0, 0.1) is 0 Å². The van der Waals surface area contributed by atoms with E-state index in [2.05, 4.69) is 0 Å². The fraction of sp³-hybridized carbons (Fsp3) is 0.500. The summed E-state index contributed by atoms with van der Waals surface area (Å²) in [7, 11) is 0.283. The topological polar surface area (TPSA) is 63.7 Å². The van der Waals surface area contributed by atoms with Gasteiger partial charge in [-0.15, -0.1) is 0 Å². The number of nitrogens with zero attached hydrogens (tertiary/aromatic N) is 1. The van der Waals surface area contributed by atoms with Gasteiger partial charge in [0.15, 0.2) is 9.84 Å². The van der Waals surface area contributed by atoms with Gasteiger partial charge in [-0.1, -0.05) is 12.1 Å². The van der Waals surface area contributed by atoms with Crippen LogP contribution in [0.15, 0.2) is 24.3 Å². The zero-order chi connectivity index (χ0) is 14.8. The number of sulfone groups is 1. The average molecular weight is 297 g/mol. The molecule has 1 amide bonds. The van der Waals surface area contributed by atoms with Gasteiger partial charge >= 0.3 is 0 Å². The molecule has 1 atom stereocenters. The molecule has 0 unspecified atom stereocenters. The summed E-state index contributed by atoms with van der Waals surface area (Å²) in [4.78, 5) is 13.8. The molecule has 1 aromatic carbocycles. The van der Waals surface area contributed by atoms with E-state index in [0.717, 1.165) is 5.56 Å². The fourth-order valence-electron chi connectivity index (χ4n) is 2.37. The molecule has 0 N–H and O–H groups in total. The third kappa shape index (κ3) is 3.50. The molecular formula is C14H19NO4S. The molecule has 0 bridgehead atoms. The maximum atomic E-state index is 12.2. The van der Waals surface area contributed by atoms with E-state index in [0.29, 0.717) is 12.2 Å². The van der Waals surface area contributed by atoms with Crippen molar-refractivity contribution >= 4 is 15.7 Å². The van der Waals surface area contributed by atoms with Crippen LogP contribution >= 0.6 is 0 Å². The second-order valence-electron chi connectivity index (χ2n) is 5.09. The highest BCUT2D eigenvalue weighted by Crippen LogP contribution is 2.18. The van der Waals surface area contributed by atoms with Crippen molar-refractivity contribution in [2.24, 2.45) is 0 Å². The minimum atomic E-state index is -2.97. The molecule has 0 aliphatic carbocycles. The van der Waals surface area contributed by atoms with Gasteiger partial charge in [0.25, 0.3) is 0 Å². The van der Waals surface area contributed by atoms with Crippen LogP contribution in [-0.4, -0.2) is 50.9 Å². The van der Waals surface area contributed by atoms with Gasteiger partial charge in [0.2, 0.25) is 5.91 Å². The molecule has 1 saturated heterocycles. The standard InChI is InChI=1S/C14H19NO4S/c1-15(12-6-7-20(17,18)10-12)14(16)9-11-4-3-5-13(8-11)19-2/h3-5,8,12H,6-7,9-10H2,1-2H3/t12-/m0/s1. The fourth-order valence-corrected chi connectivity index (χ4v) is 4.14. The predicted molar refractivity (Wildman–Crippen MR) is 76.5 cm³/mol. The Morgan fingerprint density at radius 3 is 2.80 bits per heavy atom. The minimum absolute atomic E-state index is 0.0691. The van der Waals surface area contributed by atoms with E-state index in [9.17, 15) is 13.2 Å². The third-order valence-electron chi connectivity index (χ3n) is 3.64. The maximum absolute atomic E-state index is 12.2. The number of carbonyl (C=O) groups excluding carboxylic acids is 1. The van der Waals surface area contributed by atoms with Crippen molar-refractivity contribution in [1.82, 2.24) is 4.90 Å². The van der Waals surface area contributed by atoms with E-state index >= 15 is 0 Å². The van der Waals surface area contributed by atoms with Crippen LogP contribution in [-0.2, 0) is 21.1 Å². The third-order valence-corrected chi connectivity index (χ3v) is 5.39. The Morgan fingerprint density at radius 2 is 2.20 bits per heavy atom. The molecule has 6 heteroatoms. The summed E-state index contributed by atoms with van der Waals surface area (Å²) < 4.78 is 28.0. The van der Waals surface area contributed by atoms with Crippen LogP contribution in [0.1, 0.15) is 12.0 Å². The lowest BCUT2D eigenvalue weighted by Crippen LogP contribution is -2.38. The normalized spacial score (nSPS) is 20.6. The van der Waals surface area contributed by atoms with Crippen LogP contribution in [0.5, 0.6) is 5.75 Å².